The molecule has 30 heavy (non-hydrogen) atoms. The van der Waals surface area contributed by atoms with Crippen LogP contribution >= 0.6 is 11.8 Å². The van der Waals surface area contributed by atoms with Crippen molar-refractivity contribution in [3.63, 3.8) is 0 Å². The second-order valence-corrected chi connectivity index (χ2v) is 8.25. The molecule has 1 N–H and O–H groups in total. The third-order valence-electron chi connectivity index (χ3n) is 4.59. The largest absolute Gasteiger partial charge is 0.506 e. The van der Waals surface area contributed by atoms with E-state index in [1.807, 2.05) is 26.0 Å². The van der Waals surface area contributed by atoms with Gasteiger partial charge in [-0.05, 0) is 61.1 Å². The number of hydrogen-bond donors (Lipinski definition) is 1. The van der Waals surface area contributed by atoms with Crippen molar-refractivity contribution in [2.45, 2.75) is 53.4 Å². The molecule has 0 saturated carbocycles. The molecule has 0 atom stereocenters. The number of nitrogens with zero attached hydrogens (tertiary/aromatic N) is 1. The first-order valence-electron chi connectivity index (χ1n) is 10.0. The Bertz CT molecular complexity index is 928. The topological polar surface area (TPSA) is 85.2 Å². The van der Waals surface area contributed by atoms with Gasteiger partial charge in [0.2, 0.25) is 5.91 Å². The van der Waals surface area contributed by atoms with Gasteiger partial charge < -0.3 is 14.6 Å². The van der Waals surface area contributed by atoms with Crippen LogP contribution in [0, 0.1) is 6.92 Å². The van der Waals surface area contributed by atoms with Crippen molar-refractivity contribution in [2.24, 2.45) is 4.99 Å². The Morgan fingerprint density at radius 2 is 1.97 bits per heavy atom. The lowest BCUT2D eigenvalue weighted by Crippen LogP contribution is -2.14. The molecule has 0 fully saturated rings. The summed E-state index contributed by atoms with van der Waals surface area (Å²) >= 11 is 1.10. The molecule has 0 aliphatic carbocycles. The number of aliphatic hydroxyl groups excluding tert-OH is 1. The summed E-state index contributed by atoms with van der Waals surface area (Å²) in [5, 5.41) is 10.9. The highest BCUT2D eigenvalue weighted by molar-refractivity contribution is 8.18. The number of amides is 1. The Labute approximate surface area is 182 Å². The molecule has 1 aliphatic rings. The average molecular weight is 432 g/mol. The van der Waals surface area contributed by atoms with E-state index in [0.717, 1.165) is 34.2 Å². The van der Waals surface area contributed by atoms with E-state index >= 15 is 0 Å². The summed E-state index contributed by atoms with van der Waals surface area (Å²) in [6, 6.07) is 3.97. The van der Waals surface area contributed by atoms with Crippen molar-refractivity contribution in [3.05, 3.63) is 45.1 Å². The SMILES string of the molecule is CCCC(=O)N=C1S/C(=C\c2cc(C(C)C)c(OC)cc2C)C(O)=C1C(=O)OCC. The first-order chi connectivity index (χ1) is 14.2. The molecule has 0 bridgehead atoms. The molecule has 0 radical (unpaired) electrons. The predicted molar refractivity (Wildman–Crippen MR) is 121 cm³/mol. The number of aliphatic hydroxyl groups is 1. The minimum absolute atomic E-state index is 0.0622. The van der Waals surface area contributed by atoms with E-state index in [-0.39, 0.29) is 41.2 Å². The number of carbonyl (C=O) groups is 2. The van der Waals surface area contributed by atoms with Crippen molar-refractivity contribution < 1.29 is 24.2 Å². The van der Waals surface area contributed by atoms with Crippen LogP contribution in [0.15, 0.2) is 33.4 Å². The van der Waals surface area contributed by atoms with Crippen molar-refractivity contribution >= 4 is 34.8 Å². The zero-order chi connectivity index (χ0) is 22.4. The van der Waals surface area contributed by atoms with E-state index in [1.165, 1.54) is 0 Å². The highest BCUT2D eigenvalue weighted by atomic mass is 32.2. The lowest BCUT2D eigenvalue weighted by molar-refractivity contribution is -0.138. The van der Waals surface area contributed by atoms with Crippen LogP contribution in [0.4, 0.5) is 0 Å². The Kier molecular flexibility index (Phi) is 8.29. The molecule has 0 aromatic heterocycles. The fourth-order valence-corrected chi connectivity index (χ4v) is 4.04. The number of rotatable bonds is 7. The summed E-state index contributed by atoms with van der Waals surface area (Å²) in [6.45, 7) is 9.82. The maximum Gasteiger partial charge on any atom is 0.344 e. The summed E-state index contributed by atoms with van der Waals surface area (Å²) < 4.78 is 10.6. The summed E-state index contributed by atoms with van der Waals surface area (Å²) in [5.74, 6) is -0.190. The highest BCUT2D eigenvalue weighted by Gasteiger charge is 2.33. The van der Waals surface area contributed by atoms with Crippen molar-refractivity contribution in [3.8, 4) is 5.75 Å². The maximum absolute atomic E-state index is 12.4. The zero-order valence-corrected chi connectivity index (χ0v) is 19.2. The number of esters is 1. The number of carbonyl (C=O) groups excluding carboxylic acids is 2. The van der Waals surface area contributed by atoms with Crippen LogP contribution < -0.4 is 4.74 Å². The molecular formula is C23H29NO5S. The third-order valence-corrected chi connectivity index (χ3v) is 5.61. The van der Waals surface area contributed by atoms with Crippen LogP contribution in [0.2, 0.25) is 0 Å². The number of methoxy groups -OCH3 is 1. The Morgan fingerprint density at radius 3 is 2.53 bits per heavy atom. The summed E-state index contributed by atoms with van der Waals surface area (Å²) in [7, 11) is 1.64. The molecule has 1 aromatic rings. The summed E-state index contributed by atoms with van der Waals surface area (Å²) in [6.07, 6.45) is 2.72. The number of ether oxygens (including phenoxy) is 2. The van der Waals surface area contributed by atoms with E-state index in [2.05, 4.69) is 18.8 Å². The first kappa shape index (κ1) is 23.7. The molecule has 1 amide bonds. The van der Waals surface area contributed by atoms with Crippen LogP contribution in [0.1, 0.15) is 63.1 Å². The normalized spacial score (nSPS) is 16.6. The van der Waals surface area contributed by atoms with Gasteiger partial charge in [0.05, 0.1) is 18.6 Å². The third kappa shape index (κ3) is 5.33. The number of aryl methyl sites for hydroxylation is 1. The second kappa shape index (κ2) is 10.5. The van der Waals surface area contributed by atoms with Gasteiger partial charge in [-0.25, -0.2) is 9.79 Å². The van der Waals surface area contributed by atoms with Gasteiger partial charge in [0.1, 0.15) is 22.1 Å². The first-order valence-corrected chi connectivity index (χ1v) is 10.9. The second-order valence-electron chi connectivity index (χ2n) is 7.22. The highest BCUT2D eigenvalue weighted by Crippen LogP contribution is 2.40. The van der Waals surface area contributed by atoms with Crippen LogP contribution in [-0.2, 0) is 14.3 Å². The Hall–Kier alpha value is -2.54. The van der Waals surface area contributed by atoms with E-state index in [0.29, 0.717) is 11.3 Å². The van der Waals surface area contributed by atoms with Crippen LogP contribution in [-0.4, -0.2) is 35.7 Å². The molecule has 0 saturated heterocycles. The smallest absolute Gasteiger partial charge is 0.344 e. The fraction of sp³-hybridized carbons (Fsp3) is 0.435. The number of thioether (sulfide) groups is 1. The lowest BCUT2D eigenvalue weighted by Gasteiger charge is -2.15. The molecule has 6 nitrogen and oxygen atoms in total. The Morgan fingerprint density at radius 1 is 1.27 bits per heavy atom. The molecule has 0 unspecified atom stereocenters. The standard InChI is InChI=1S/C23H29NO5S/c1-7-9-19(25)24-22-20(23(27)29-8-2)21(26)18(30-22)12-15-11-16(13(3)4)17(28-6)10-14(15)5/h10-13,26H,7-9H2,1-6H3/b18-12-,24-22?. The lowest BCUT2D eigenvalue weighted by atomic mass is 9.96. The fourth-order valence-electron chi connectivity index (χ4n) is 3.02. The van der Waals surface area contributed by atoms with Gasteiger partial charge in [0.25, 0.3) is 0 Å². The van der Waals surface area contributed by atoms with E-state index in [9.17, 15) is 14.7 Å². The van der Waals surface area contributed by atoms with Gasteiger partial charge in [-0.15, -0.1) is 0 Å². The summed E-state index contributed by atoms with van der Waals surface area (Å²) in [4.78, 5) is 29.0. The minimum Gasteiger partial charge on any atom is -0.506 e. The zero-order valence-electron chi connectivity index (χ0n) is 18.4. The molecule has 1 aromatic carbocycles. The molecule has 1 heterocycles. The molecule has 2 rings (SSSR count). The predicted octanol–water partition coefficient (Wildman–Crippen LogP) is 5.32. The van der Waals surface area contributed by atoms with Gasteiger partial charge in [0.15, 0.2) is 0 Å². The average Bonchev–Trinajstić information content (AvgIpc) is 2.98. The van der Waals surface area contributed by atoms with Gasteiger partial charge in [0, 0.05) is 6.42 Å². The molecule has 1 aliphatic heterocycles. The number of aliphatic imine (C=N–C) groups is 1. The van der Waals surface area contributed by atoms with Gasteiger partial charge in [-0.2, -0.15) is 0 Å². The Balaban J connectivity index is 2.56. The monoisotopic (exact) mass is 431 g/mol. The van der Waals surface area contributed by atoms with E-state index in [1.54, 1.807) is 20.1 Å². The van der Waals surface area contributed by atoms with Crippen LogP contribution in [0.3, 0.4) is 0 Å². The van der Waals surface area contributed by atoms with Gasteiger partial charge in [-0.1, -0.05) is 32.5 Å². The molecular weight excluding hydrogens is 402 g/mol. The minimum atomic E-state index is -0.691. The van der Waals surface area contributed by atoms with Crippen molar-refractivity contribution in [1.82, 2.24) is 0 Å². The summed E-state index contributed by atoms with van der Waals surface area (Å²) in [5.41, 5.74) is 2.83. The quantitative estimate of drug-likeness (QED) is 0.589. The van der Waals surface area contributed by atoms with Crippen LogP contribution in [0.5, 0.6) is 5.75 Å². The van der Waals surface area contributed by atoms with Gasteiger partial charge in [-0.3, -0.25) is 4.79 Å². The molecule has 162 valence electrons. The number of benzene rings is 1. The molecule has 0 spiro atoms. The number of hydrogen-bond acceptors (Lipinski definition) is 6. The molecule has 7 heteroatoms. The van der Waals surface area contributed by atoms with Crippen molar-refractivity contribution in [1.29, 1.82) is 0 Å². The maximum atomic E-state index is 12.4. The van der Waals surface area contributed by atoms with Gasteiger partial charge >= 0.3 is 5.97 Å². The van der Waals surface area contributed by atoms with E-state index in [4.69, 9.17) is 9.47 Å². The van der Waals surface area contributed by atoms with Crippen LogP contribution in [0.25, 0.3) is 6.08 Å². The van der Waals surface area contributed by atoms with Crippen molar-refractivity contribution in [2.75, 3.05) is 13.7 Å². The van der Waals surface area contributed by atoms with E-state index < -0.39 is 5.97 Å².